The fraction of sp³-hybridized carbons (Fsp3) is 0.353. The normalized spacial score (nSPS) is 29.8. The smallest absolute Gasteiger partial charge is 0.0797 e. The van der Waals surface area contributed by atoms with Gasteiger partial charge in [-0.15, -0.1) is 0 Å². The third kappa shape index (κ3) is 3.16. The number of hydrogen-bond donors (Lipinski definition) is 0. The van der Waals surface area contributed by atoms with Gasteiger partial charge in [0.1, 0.15) is 0 Å². The average Bonchev–Trinajstić information content (AvgIpc) is 2.48. The molecule has 0 aromatic carbocycles. The van der Waals surface area contributed by atoms with Crippen molar-refractivity contribution in [2.45, 2.75) is 25.7 Å². The third-order valence-electron chi connectivity index (χ3n) is 3.87. The molecule has 2 aliphatic carbocycles. The fourth-order valence-electron chi connectivity index (χ4n) is 2.83. The Bertz CT molecular complexity index is 531. The van der Waals surface area contributed by atoms with E-state index in [0.717, 1.165) is 25.7 Å². The van der Waals surface area contributed by atoms with Gasteiger partial charge in [0.05, 0.1) is 9.42 Å². The van der Waals surface area contributed by atoms with Crippen LogP contribution in [-0.4, -0.2) is 3.72 Å². The topological polar surface area (TPSA) is 12.4 Å². The molecule has 0 bridgehead atoms. The fourth-order valence-corrected chi connectivity index (χ4v) is 3.59. The van der Waals surface area contributed by atoms with E-state index < -0.39 is 0 Å². The summed E-state index contributed by atoms with van der Waals surface area (Å²) >= 11 is 2.40. The van der Waals surface area contributed by atoms with E-state index in [1.807, 2.05) is 0 Å². The molecule has 0 N–H and O–H groups in total. The maximum Gasteiger partial charge on any atom is 0.0797 e. The van der Waals surface area contributed by atoms with Crippen LogP contribution < -0.4 is 0 Å². The predicted octanol–water partition coefficient (Wildman–Crippen LogP) is 5.13. The van der Waals surface area contributed by atoms with Gasteiger partial charge in [-0.1, -0.05) is 48.6 Å². The molecular formula is C17H18IN. The number of hydrogen-bond acceptors (Lipinski definition) is 1. The SMILES string of the molecule is IC1=NC(C2=CCCC=C2)=CC(C2C=CC=CC2)C1. The summed E-state index contributed by atoms with van der Waals surface area (Å²) in [5.74, 6) is 1.23. The van der Waals surface area contributed by atoms with Gasteiger partial charge in [-0.2, -0.15) is 0 Å². The zero-order chi connectivity index (χ0) is 13.1. The summed E-state index contributed by atoms with van der Waals surface area (Å²) in [6.07, 6.45) is 22.7. The van der Waals surface area contributed by atoms with Crippen LogP contribution in [-0.2, 0) is 0 Å². The Morgan fingerprint density at radius 2 is 2.05 bits per heavy atom. The molecule has 0 saturated carbocycles. The van der Waals surface area contributed by atoms with E-state index in [4.69, 9.17) is 4.99 Å². The van der Waals surface area contributed by atoms with Crippen molar-refractivity contribution in [2.75, 3.05) is 0 Å². The minimum absolute atomic E-state index is 0.594. The summed E-state index contributed by atoms with van der Waals surface area (Å²) in [6, 6.07) is 0. The van der Waals surface area contributed by atoms with Crippen molar-refractivity contribution in [1.82, 2.24) is 0 Å². The van der Waals surface area contributed by atoms with Crippen LogP contribution in [0, 0.1) is 11.8 Å². The molecule has 3 aliphatic rings. The number of halogens is 1. The van der Waals surface area contributed by atoms with Crippen LogP contribution in [0.2, 0.25) is 0 Å². The van der Waals surface area contributed by atoms with Gasteiger partial charge < -0.3 is 0 Å². The Kier molecular flexibility index (Phi) is 4.16. The van der Waals surface area contributed by atoms with E-state index in [1.165, 1.54) is 15.0 Å². The van der Waals surface area contributed by atoms with Gasteiger partial charge in [0, 0.05) is 6.42 Å². The Morgan fingerprint density at radius 1 is 1.11 bits per heavy atom. The highest BCUT2D eigenvalue weighted by molar-refractivity contribution is 14.1. The molecule has 0 fully saturated rings. The lowest BCUT2D eigenvalue weighted by Crippen LogP contribution is -2.17. The number of allylic oxidation sites excluding steroid dienone is 8. The first-order valence-electron chi connectivity index (χ1n) is 6.98. The van der Waals surface area contributed by atoms with Crippen molar-refractivity contribution in [3.05, 3.63) is 59.9 Å². The molecule has 2 heteroatoms. The molecule has 0 aromatic rings. The van der Waals surface area contributed by atoms with Crippen LogP contribution in [0.5, 0.6) is 0 Å². The Hall–Kier alpha value is -0.900. The molecule has 19 heavy (non-hydrogen) atoms. The van der Waals surface area contributed by atoms with E-state index >= 15 is 0 Å². The van der Waals surface area contributed by atoms with Crippen molar-refractivity contribution in [1.29, 1.82) is 0 Å². The van der Waals surface area contributed by atoms with E-state index in [-0.39, 0.29) is 0 Å². The first kappa shape index (κ1) is 13.1. The van der Waals surface area contributed by atoms with Crippen LogP contribution in [0.3, 0.4) is 0 Å². The quantitative estimate of drug-likeness (QED) is 0.603. The standard InChI is InChI=1S/C17H18IN/c18-17-12-15(13-7-3-1-4-8-13)11-16(19-17)14-9-5-2-6-10-14/h1,3-5,7,9-11,13,15H,2,6,8,12H2. The highest BCUT2D eigenvalue weighted by Gasteiger charge is 2.23. The number of nitrogens with zero attached hydrogens (tertiary/aromatic N) is 1. The highest BCUT2D eigenvalue weighted by atomic mass is 127. The number of aliphatic imine (C=N–C) groups is 1. The third-order valence-corrected chi connectivity index (χ3v) is 4.55. The van der Waals surface area contributed by atoms with Gasteiger partial charge in [0.2, 0.25) is 0 Å². The van der Waals surface area contributed by atoms with Gasteiger partial charge in [-0.05, 0) is 59.3 Å². The molecular weight excluding hydrogens is 345 g/mol. The summed E-state index contributed by atoms with van der Waals surface area (Å²) in [7, 11) is 0. The largest absolute Gasteiger partial charge is 0.247 e. The first-order valence-corrected chi connectivity index (χ1v) is 8.06. The van der Waals surface area contributed by atoms with Gasteiger partial charge >= 0.3 is 0 Å². The molecule has 0 aromatic heterocycles. The van der Waals surface area contributed by atoms with Crippen LogP contribution in [0.25, 0.3) is 0 Å². The lowest BCUT2D eigenvalue weighted by atomic mass is 9.83. The van der Waals surface area contributed by atoms with Crippen molar-refractivity contribution in [3.8, 4) is 0 Å². The Balaban J connectivity index is 1.84. The summed E-state index contributed by atoms with van der Waals surface area (Å²) in [6.45, 7) is 0. The molecule has 0 spiro atoms. The van der Waals surface area contributed by atoms with Crippen molar-refractivity contribution >= 4 is 26.3 Å². The molecule has 2 unspecified atom stereocenters. The van der Waals surface area contributed by atoms with E-state index in [1.54, 1.807) is 0 Å². The molecule has 98 valence electrons. The minimum Gasteiger partial charge on any atom is -0.247 e. The molecule has 0 radical (unpaired) electrons. The Morgan fingerprint density at radius 3 is 2.79 bits per heavy atom. The number of rotatable bonds is 2. The maximum atomic E-state index is 4.75. The maximum absolute atomic E-state index is 4.75. The average molecular weight is 363 g/mol. The van der Waals surface area contributed by atoms with E-state index in [0.29, 0.717) is 11.8 Å². The summed E-state index contributed by atoms with van der Waals surface area (Å²) in [5, 5.41) is 0. The lowest BCUT2D eigenvalue weighted by molar-refractivity contribution is 0.486. The second-order valence-corrected chi connectivity index (χ2v) is 6.50. The highest BCUT2D eigenvalue weighted by Crippen LogP contribution is 2.34. The van der Waals surface area contributed by atoms with E-state index in [2.05, 4.69) is 71.2 Å². The van der Waals surface area contributed by atoms with Crippen LogP contribution >= 0.6 is 22.6 Å². The molecule has 1 aliphatic heterocycles. The van der Waals surface area contributed by atoms with Crippen LogP contribution in [0.1, 0.15) is 25.7 Å². The van der Waals surface area contributed by atoms with Gasteiger partial charge in [0.15, 0.2) is 0 Å². The summed E-state index contributed by atoms with van der Waals surface area (Å²) in [4.78, 5) is 4.75. The van der Waals surface area contributed by atoms with Gasteiger partial charge in [-0.25, -0.2) is 4.99 Å². The van der Waals surface area contributed by atoms with Crippen LogP contribution in [0.4, 0.5) is 0 Å². The van der Waals surface area contributed by atoms with Crippen molar-refractivity contribution in [2.24, 2.45) is 16.8 Å². The zero-order valence-electron chi connectivity index (χ0n) is 10.9. The van der Waals surface area contributed by atoms with Gasteiger partial charge in [-0.3, -0.25) is 0 Å². The van der Waals surface area contributed by atoms with E-state index in [9.17, 15) is 0 Å². The lowest BCUT2D eigenvalue weighted by Gasteiger charge is -2.26. The van der Waals surface area contributed by atoms with Crippen molar-refractivity contribution in [3.63, 3.8) is 0 Å². The second-order valence-electron chi connectivity index (χ2n) is 5.26. The van der Waals surface area contributed by atoms with Gasteiger partial charge in [0.25, 0.3) is 0 Å². The predicted molar refractivity (Wildman–Crippen MR) is 90.5 cm³/mol. The summed E-state index contributed by atoms with van der Waals surface area (Å²) < 4.78 is 1.24. The zero-order valence-corrected chi connectivity index (χ0v) is 13.1. The molecule has 0 amide bonds. The Labute approximate surface area is 128 Å². The summed E-state index contributed by atoms with van der Waals surface area (Å²) in [5.41, 5.74) is 2.49. The van der Waals surface area contributed by atoms with Crippen molar-refractivity contribution < 1.29 is 0 Å². The monoisotopic (exact) mass is 363 g/mol. The second kappa shape index (κ2) is 6.04. The van der Waals surface area contributed by atoms with Crippen LogP contribution in [0.15, 0.2) is 64.9 Å². The molecule has 0 saturated heterocycles. The molecule has 1 heterocycles. The molecule has 2 atom stereocenters. The first-order chi connectivity index (χ1) is 9.33. The minimum atomic E-state index is 0.594. The molecule has 3 rings (SSSR count). The molecule has 1 nitrogen and oxygen atoms in total.